The van der Waals surface area contributed by atoms with Crippen LogP contribution in [0.2, 0.25) is 0 Å². The Morgan fingerprint density at radius 1 is 1.16 bits per heavy atom. The van der Waals surface area contributed by atoms with Gasteiger partial charge in [0.25, 0.3) is 0 Å². The van der Waals surface area contributed by atoms with Crippen LogP contribution in [0.5, 0.6) is 0 Å². The molecular formula is C19H17FN2O3. The largest absolute Gasteiger partial charge is 0.478 e. The highest BCUT2D eigenvalue weighted by molar-refractivity contribution is 6.07. The minimum atomic E-state index is -1.03. The molecule has 1 atom stereocenters. The average Bonchev–Trinajstić information content (AvgIpc) is 3.10. The van der Waals surface area contributed by atoms with Gasteiger partial charge in [0, 0.05) is 6.54 Å². The maximum absolute atomic E-state index is 13.1. The number of fused-ring (bicyclic) bond motifs is 3. The van der Waals surface area contributed by atoms with E-state index in [4.69, 9.17) is 0 Å². The van der Waals surface area contributed by atoms with Crippen molar-refractivity contribution in [3.05, 3.63) is 59.4 Å². The molecule has 6 heteroatoms. The molecule has 1 amide bonds. The summed E-state index contributed by atoms with van der Waals surface area (Å²) in [6.45, 7) is 1.08. The number of hydrogen-bond donors (Lipinski definition) is 1. The molecule has 2 aromatic rings. The normalized spacial score (nSPS) is 18.9. The van der Waals surface area contributed by atoms with E-state index >= 15 is 0 Å². The number of benzene rings is 2. The molecule has 1 saturated heterocycles. The minimum Gasteiger partial charge on any atom is -0.478 e. The Balaban J connectivity index is 1.78. The van der Waals surface area contributed by atoms with E-state index in [2.05, 4.69) is 4.90 Å². The first-order valence-electron chi connectivity index (χ1n) is 8.24. The molecule has 128 valence electrons. The van der Waals surface area contributed by atoms with Gasteiger partial charge in [-0.2, -0.15) is 0 Å². The van der Waals surface area contributed by atoms with Gasteiger partial charge < -0.3 is 14.9 Å². The van der Waals surface area contributed by atoms with Crippen LogP contribution in [0.1, 0.15) is 28.8 Å². The van der Waals surface area contributed by atoms with E-state index in [-0.39, 0.29) is 23.3 Å². The van der Waals surface area contributed by atoms with E-state index < -0.39 is 5.97 Å². The highest BCUT2D eigenvalue weighted by Gasteiger charge is 2.40. The molecule has 0 saturated carbocycles. The third-order valence-electron chi connectivity index (χ3n) is 4.88. The fourth-order valence-electron chi connectivity index (χ4n) is 3.66. The maximum Gasteiger partial charge on any atom is 0.335 e. The molecular weight excluding hydrogens is 323 g/mol. The Hall–Kier alpha value is -2.89. The molecule has 0 spiro atoms. The molecule has 2 aliphatic heterocycles. The number of hydrogen-bond acceptors (Lipinski definition) is 3. The molecule has 4 rings (SSSR count). The van der Waals surface area contributed by atoms with Crippen molar-refractivity contribution in [2.24, 2.45) is 0 Å². The average molecular weight is 340 g/mol. The van der Waals surface area contributed by atoms with Gasteiger partial charge in [-0.15, -0.1) is 0 Å². The number of amides is 1. The first-order chi connectivity index (χ1) is 12.0. The lowest BCUT2D eigenvalue weighted by atomic mass is 10.0. The van der Waals surface area contributed by atoms with Crippen LogP contribution in [0.15, 0.2) is 42.5 Å². The number of carbonyl (C=O) groups is 2. The molecule has 25 heavy (non-hydrogen) atoms. The predicted molar refractivity (Wildman–Crippen MR) is 91.4 cm³/mol. The summed E-state index contributed by atoms with van der Waals surface area (Å²) in [5, 5.41) is 9.29. The lowest BCUT2D eigenvalue weighted by molar-refractivity contribution is -0.120. The molecule has 5 nitrogen and oxygen atoms in total. The van der Waals surface area contributed by atoms with Crippen LogP contribution < -0.4 is 9.80 Å². The summed E-state index contributed by atoms with van der Waals surface area (Å²) in [6, 6.07) is 10.7. The third kappa shape index (κ3) is 2.63. The van der Waals surface area contributed by atoms with Crippen molar-refractivity contribution in [2.75, 3.05) is 16.3 Å². The number of rotatable bonds is 3. The first-order valence-corrected chi connectivity index (χ1v) is 8.24. The van der Waals surface area contributed by atoms with Gasteiger partial charge in [0.2, 0.25) is 5.91 Å². The smallest absolute Gasteiger partial charge is 0.335 e. The summed E-state index contributed by atoms with van der Waals surface area (Å²) in [5.74, 6) is -1.39. The van der Waals surface area contributed by atoms with E-state index in [1.54, 1.807) is 35.2 Å². The predicted octanol–water partition coefficient (Wildman–Crippen LogP) is 3.04. The lowest BCUT2D eigenvalue weighted by Crippen LogP contribution is -2.50. The van der Waals surface area contributed by atoms with Gasteiger partial charge in [0.15, 0.2) is 0 Å². The number of carbonyl (C=O) groups excluding carboxylic acids is 1. The summed E-state index contributed by atoms with van der Waals surface area (Å²) in [5.41, 5.74) is 2.43. The topological polar surface area (TPSA) is 60.9 Å². The van der Waals surface area contributed by atoms with Crippen LogP contribution in [0.25, 0.3) is 0 Å². The Labute approximate surface area is 144 Å². The number of halogens is 1. The molecule has 2 aliphatic rings. The van der Waals surface area contributed by atoms with Crippen molar-refractivity contribution in [2.45, 2.75) is 25.4 Å². The molecule has 2 heterocycles. The van der Waals surface area contributed by atoms with Crippen LogP contribution >= 0.6 is 0 Å². The monoisotopic (exact) mass is 340 g/mol. The summed E-state index contributed by atoms with van der Waals surface area (Å²) < 4.78 is 13.1. The SMILES string of the molecule is O=C(O)c1ccc2c(c1)N(Cc1ccc(F)cc1)C(=O)C1CCCN21. The molecule has 1 unspecified atom stereocenters. The van der Waals surface area contributed by atoms with E-state index in [1.807, 2.05) is 0 Å². The molecule has 0 radical (unpaired) electrons. The zero-order valence-corrected chi connectivity index (χ0v) is 13.5. The van der Waals surface area contributed by atoms with Gasteiger partial charge in [0.05, 0.1) is 23.5 Å². The van der Waals surface area contributed by atoms with Crippen molar-refractivity contribution < 1.29 is 19.1 Å². The van der Waals surface area contributed by atoms with Crippen molar-refractivity contribution in [1.82, 2.24) is 0 Å². The molecule has 2 aromatic carbocycles. The van der Waals surface area contributed by atoms with Crippen molar-refractivity contribution in [3.8, 4) is 0 Å². The van der Waals surface area contributed by atoms with Gasteiger partial charge in [-0.25, -0.2) is 9.18 Å². The van der Waals surface area contributed by atoms with Gasteiger partial charge in [0.1, 0.15) is 11.9 Å². The summed E-state index contributed by atoms with van der Waals surface area (Å²) >= 11 is 0. The first kappa shape index (κ1) is 15.6. The van der Waals surface area contributed by atoms with Crippen LogP contribution in [0.3, 0.4) is 0 Å². The van der Waals surface area contributed by atoms with Gasteiger partial charge in [-0.3, -0.25) is 4.79 Å². The van der Waals surface area contributed by atoms with Crippen LogP contribution in [-0.4, -0.2) is 29.6 Å². The standard InChI is InChI=1S/C19H17FN2O3/c20-14-6-3-12(4-7-14)11-22-17-10-13(19(24)25)5-8-15(17)21-9-1-2-16(21)18(22)23/h3-8,10,16H,1-2,9,11H2,(H,24,25). The Morgan fingerprint density at radius 3 is 2.64 bits per heavy atom. The highest BCUT2D eigenvalue weighted by atomic mass is 19.1. The van der Waals surface area contributed by atoms with Gasteiger partial charge in [-0.1, -0.05) is 12.1 Å². The van der Waals surface area contributed by atoms with Crippen molar-refractivity contribution in [1.29, 1.82) is 0 Å². The van der Waals surface area contributed by atoms with E-state index in [9.17, 15) is 19.1 Å². The number of aromatic carboxylic acids is 1. The molecule has 0 aromatic heterocycles. The number of anilines is 2. The highest BCUT2D eigenvalue weighted by Crippen LogP contribution is 2.41. The number of carboxylic acids is 1. The fourth-order valence-corrected chi connectivity index (χ4v) is 3.66. The van der Waals surface area contributed by atoms with Crippen molar-refractivity contribution >= 4 is 23.3 Å². The zero-order chi connectivity index (χ0) is 17.6. The van der Waals surface area contributed by atoms with Crippen LogP contribution in [-0.2, 0) is 11.3 Å². The minimum absolute atomic E-state index is 0.0307. The Bertz CT molecular complexity index is 850. The van der Waals surface area contributed by atoms with Gasteiger partial charge in [-0.05, 0) is 48.7 Å². The summed E-state index contributed by atoms with van der Waals surface area (Å²) in [7, 11) is 0. The second-order valence-corrected chi connectivity index (χ2v) is 6.41. The molecule has 1 N–H and O–H groups in total. The summed E-state index contributed by atoms with van der Waals surface area (Å²) in [6.07, 6.45) is 1.72. The second kappa shape index (κ2) is 5.88. The molecule has 0 aliphatic carbocycles. The van der Waals surface area contributed by atoms with Gasteiger partial charge >= 0.3 is 5.97 Å². The van der Waals surface area contributed by atoms with E-state index in [0.717, 1.165) is 30.6 Å². The fraction of sp³-hybridized carbons (Fsp3) is 0.263. The number of carboxylic acid groups (broad SMARTS) is 1. The van der Waals surface area contributed by atoms with Crippen LogP contribution in [0, 0.1) is 5.82 Å². The molecule has 0 bridgehead atoms. The third-order valence-corrected chi connectivity index (χ3v) is 4.88. The zero-order valence-electron chi connectivity index (χ0n) is 13.5. The van der Waals surface area contributed by atoms with Crippen molar-refractivity contribution in [3.63, 3.8) is 0 Å². The second-order valence-electron chi connectivity index (χ2n) is 6.41. The quantitative estimate of drug-likeness (QED) is 0.933. The van der Waals surface area contributed by atoms with Crippen LogP contribution in [0.4, 0.5) is 15.8 Å². The lowest BCUT2D eigenvalue weighted by Gasteiger charge is -2.39. The van der Waals surface area contributed by atoms with E-state index in [0.29, 0.717) is 12.2 Å². The number of nitrogens with zero attached hydrogens (tertiary/aromatic N) is 2. The Morgan fingerprint density at radius 2 is 1.92 bits per heavy atom. The Kier molecular flexibility index (Phi) is 3.67. The van der Waals surface area contributed by atoms with E-state index in [1.165, 1.54) is 12.1 Å². The summed E-state index contributed by atoms with van der Waals surface area (Å²) in [4.78, 5) is 28.0. The molecule has 1 fully saturated rings. The maximum atomic E-state index is 13.1.